The second-order valence-corrected chi connectivity index (χ2v) is 12.1. The van der Waals surface area contributed by atoms with E-state index in [1.54, 1.807) is 0 Å². The molecule has 2 nitrogen and oxygen atoms in total. The molecule has 0 saturated heterocycles. The van der Waals surface area contributed by atoms with Crippen LogP contribution in [0.3, 0.4) is 0 Å². The lowest BCUT2D eigenvalue weighted by atomic mass is 9.80. The summed E-state index contributed by atoms with van der Waals surface area (Å²) < 4.78 is 4.97. The molecular formula is C39H40N2. The van der Waals surface area contributed by atoms with Crippen LogP contribution in [0.25, 0.3) is 21.8 Å². The fourth-order valence-electron chi connectivity index (χ4n) is 7.28. The molecule has 41 heavy (non-hydrogen) atoms. The average Bonchev–Trinajstić information content (AvgIpc) is 3.58. The van der Waals surface area contributed by atoms with Crippen molar-refractivity contribution in [2.24, 2.45) is 5.92 Å². The van der Waals surface area contributed by atoms with Gasteiger partial charge >= 0.3 is 0 Å². The number of hydrogen-bond acceptors (Lipinski definition) is 0. The van der Waals surface area contributed by atoms with Crippen LogP contribution in [0.2, 0.25) is 0 Å². The van der Waals surface area contributed by atoms with E-state index >= 15 is 0 Å². The van der Waals surface area contributed by atoms with Crippen LogP contribution >= 0.6 is 0 Å². The van der Waals surface area contributed by atoms with Crippen molar-refractivity contribution in [2.45, 2.75) is 64.0 Å². The molecule has 0 radical (unpaired) electrons. The second kappa shape index (κ2) is 11.8. The molecule has 2 aromatic heterocycles. The Labute approximate surface area is 244 Å². The molecule has 206 valence electrons. The largest absolute Gasteiger partial charge is 0.343 e. The molecular weight excluding hydrogens is 496 g/mol. The van der Waals surface area contributed by atoms with E-state index in [0.29, 0.717) is 5.92 Å². The number of hydrogen-bond donors (Lipinski definition) is 0. The first kappa shape index (κ1) is 25.9. The van der Waals surface area contributed by atoms with E-state index in [4.69, 9.17) is 0 Å². The Balaban J connectivity index is 1.34. The molecule has 4 aromatic carbocycles. The van der Waals surface area contributed by atoms with Gasteiger partial charge in [0.2, 0.25) is 0 Å². The van der Waals surface area contributed by atoms with Gasteiger partial charge in [-0.2, -0.15) is 0 Å². The normalized spacial score (nSPS) is 14.4. The number of benzene rings is 4. The lowest BCUT2D eigenvalue weighted by molar-refractivity contribution is 0.328. The van der Waals surface area contributed by atoms with Gasteiger partial charge in [-0.15, -0.1) is 0 Å². The molecule has 0 aliphatic heterocycles. The Morgan fingerprint density at radius 2 is 1.00 bits per heavy atom. The zero-order valence-electron chi connectivity index (χ0n) is 24.0. The van der Waals surface area contributed by atoms with E-state index in [1.807, 2.05) is 0 Å². The van der Waals surface area contributed by atoms with Crippen LogP contribution in [-0.2, 0) is 13.1 Å². The predicted molar refractivity (Wildman–Crippen MR) is 173 cm³/mol. The summed E-state index contributed by atoms with van der Waals surface area (Å²) in [5, 5.41) is 2.80. The maximum absolute atomic E-state index is 2.48. The van der Waals surface area contributed by atoms with Crippen LogP contribution in [0.4, 0.5) is 0 Å². The Kier molecular flexibility index (Phi) is 7.47. The van der Waals surface area contributed by atoms with Gasteiger partial charge in [-0.05, 0) is 53.1 Å². The van der Waals surface area contributed by atoms with Gasteiger partial charge in [0, 0.05) is 53.2 Å². The summed E-state index contributed by atoms with van der Waals surface area (Å²) in [6.07, 6.45) is 14.5. The fraction of sp³-hybridized carbons (Fsp3) is 0.282. The minimum Gasteiger partial charge on any atom is -0.343 e. The Morgan fingerprint density at radius 1 is 0.537 bits per heavy atom. The molecule has 0 spiro atoms. The zero-order valence-corrected chi connectivity index (χ0v) is 24.0. The molecule has 2 heteroatoms. The van der Waals surface area contributed by atoms with Crippen LogP contribution in [-0.4, -0.2) is 9.13 Å². The second-order valence-electron chi connectivity index (χ2n) is 12.1. The van der Waals surface area contributed by atoms with Gasteiger partial charge in [-0.3, -0.25) is 0 Å². The molecule has 0 bridgehead atoms. The van der Waals surface area contributed by atoms with E-state index in [-0.39, 0.29) is 0 Å². The molecule has 1 fully saturated rings. The highest BCUT2D eigenvalue weighted by Gasteiger charge is 2.25. The first-order valence-electron chi connectivity index (χ1n) is 15.6. The molecule has 0 atom stereocenters. The van der Waals surface area contributed by atoms with Crippen molar-refractivity contribution in [2.75, 3.05) is 0 Å². The summed E-state index contributed by atoms with van der Waals surface area (Å²) in [6, 6.07) is 39.9. The third-order valence-electron chi connectivity index (χ3n) is 9.37. The Hall–Kier alpha value is -4.04. The first-order chi connectivity index (χ1) is 20.3. The van der Waals surface area contributed by atoms with E-state index in [2.05, 4.69) is 131 Å². The smallest absolute Gasteiger partial charge is 0.0486 e. The molecule has 1 saturated carbocycles. The van der Waals surface area contributed by atoms with Crippen molar-refractivity contribution in [3.63, 3.8) is 0 Å². The summed E-state index contributed by atoms with van der Waals surface area (Å²) in [6.45, 7) is 1.79. The lowest BCUT2D eigenvalue weighted by Gasteiger charge is -2.24. The summed E-state index contributed by atoms with van der Waals surface area (Å²) in [7, 11) is 0. The topological polar surface area (TPSA) is 9.86 Å². The van der Waals surface area contributed by atoms with Crippen molar-refractivity contribution in [3.05, 3.63) is 144 Å². The molecule has 6 aromatic rings. The summed E-state index contributed by atoms with van der Waals surface area (Å²) in [4.78, 5) is 0. The average molecular weight is 537 g/mol. The highest BCUT2D eigenvalue weighted by atomic mass is 15.0. The summed E-state index contributed by atoms with van der Waals surface area (Å²) >= 11 is 0. The molecule has 2 heterocycles. The van der Waals surface area contributed by atoms with Crippen LogP contribution in [0.1, 0.15) is 73.1 Å². The maximum atomic E-state index is 2.48. The predicted octanol–water partition coefficient (Wildman–Crippen LogP) is 10.2. The monoisotopic (exact) mass is 536 g/mol. The van der Waals surface area contributed by atoms with Gasteiger partial charge in [0.15, 0.2) is 0 Å². The number of nitrogens with zero attached hydrogens (tertiary/aromatic N) is 2. The minimum absolute atomic E-state index is 0.362. The first-order valence-corrected chi connectivity index (χ1v) is 15.6. The van der Waals surface area contributed by atoms with Gasteiger partial charge in [0.1, 0.15) is 0 Å². The van der Waals surface area contributed by atoms with Crippen molar-refractivity contribution in [1.29, 1.82) is 0 Å². The lowest BCUT2D eigenvalue weighted by Crippen LogP contribution is -2.09. The molecule has 0 amide bonds. The Morgan fingerprint density at radius 3 is 1.51 bits per heavy atom. The zero-order chi connectivity index (χ0) is 27.4. The van der Waals surface area contributed by atoms with Crippen molar-refractivity contribution in [3.8, 4) is 0 Å². The van der Waals surface area contributed by atoms with Gasteiger partial charge in [-0.25, -0.2) is 0 Å². The number of fused-ring (bicyclic) bond motifs is 2. The van der Waals surface area contributed by atoms with Gasteiger partial charge in [0.05, 0.1) is 0 Å². The van der Waals surface area contributed by atoms with E-state index in [0.717, 1.165) is 19.0 Å². The minimum atomic E-state index is 0.362. The van der Waals surface area contributed by atoms with E-state index < -0.39 is 0 Å². The number of aromatic nitrogens is 2. The van der Waals surface area contributed by atoms with Crippen LogP contribution in [0.5, 0.6) is 0 Å². The molecule has 0 unspecified atom stereocenters. The third-order valence-corrected chi connectivity index (χ3v) is 9.37. The highest BCUT2D eigenvalue weighted by Crippen LogP contribution is 2.41. The fourth-order valence-corrected chi connectivity index (χ4v) is 7.28. The van der Waals surface area contributed by atoms with Crippen LogP contribution in [0.15, 0.2) is 122 Å². The van der Waals surface area contributed by atoms with Crippen LogP contribution in [0, 0.1) is 5.92 Å². The van der Waals surface area contributed by atoms with Crippen molar-refractivity contribution in [1.82, 2.24) is 9.13 Å². The number of para-hydroxylation sites is 2. The number of rotatable bonds is 9. The summed E-state index contributed by atoms with van der Waals surface area (Å²) in [5.41, 5.74) is 8.32. The summed E-state index contributed by atoms with van der Waals surface area (Å²) in [5.74, 6) is 1.22. The molecule has 0 N–H and O–H groups in total. The molecule has 7 rings (SSSR count). The van der Waals surface area contributed by atoms with Gasteiger partial charge in [0.25, 0.3) is 0 Å². The highest BCUT2D eigenvalue weighted by molar-refractivity contribution is 5.89. The molecule has 1 aliphatic carbocycles. The molecule has 1 aliphatic rings. The van der Waals surface area contributed by atoms with Gasteiger partial charge < -0.3 is 9.13 Å². The quantitative estimate of drug-likeness (QED) is 0.174. The third kappa shape index (κ3) is 5.48. The van der Waals surface area contributed by atoms with E-state index in [1.165, 1.54) is 89.0 Å². The van der Waals surface area contributed by atoms with Crippen LogP contribution < -0.4 is 0 Å². The van der Waals surface area contributed by atoms with Crippen molar-refractivity contribution >= 4 is 21.8 Å². The van der Waals surface area contributed by atoms with Crippen molar-refractivity contribution < 1.29 is 0 Å². The van der Waals surface area contributed by atoms with E-state index in [9.17, 15) is 0 Å². The maximum Gasteiger partial charge on any atom is 0.0486 e. The standard InChI is InChI=1S/C39H40N2/c1-4-14-30(15-5-1)24-25-33(36-28-40(26-31-16-6-2-7-17-31)38-22-12-10-20-34(36)38)37-29-41(27-32-18-8-3-9-19-32)39-23-13-11-21-35(37)39/h2-3,6-13,16-23,28-30,33H,1,4-5,14-15,24-27H2. The SMILES string of the molecule is c1ccc(Cn2cc(C(CCC3CCCCC3)c3cn(Cc4ccccc4)c4ccccc34)c3ccccc32)cc1. The van der Waals surface area contributed by atoms with Gasteiger partial charge in [-0.1, -0.05) is 129 Å². The Bertz CT molecular complexity index is 1600.